The second kappa shape index (κ2) is 6.69. The number of rotatable bonds is 6. The fraction of sp³-hybridized carbons (Fsp3) is 0.769. The zero-order chi connectivity index (χ0) is 15.3. The summed E-state index contributed by atoms with van der Waals surface area (Å²) in [7, 11) is 0. The first-order chi connectivity index (χ1) is 9.17. The summed E-state index contributed by atoms with van der Waals surface area (Å²) in [6.45, 7) is 12.2. The maximum absolute atomic E-state index is 11.7. The number of hydrogen-bond donors (Lipinski definition) is 3. The second-order valence-corrected chi connectivity index (χ2v) is 6.13. The van der Waals surface area contributed by atoms with Gasteiger partial charge in [-0.15, -0.1) is 5.10 Å². The van der Waals surface area contributed by atoms with Crippen LogP contribution in [-0.2, 0) is 11.3 Å². The summed E-state index contributed by atoms with van der Waals surface area (Å²) in [5, 5.41) is 16.7. The third-order valence-electron chi connectivity index (χ3n) is 2.40. The Balaban J connectivity index is 2.49. The highest BCUT2D eigenvalue weighted by Crippen LogP contribution is 2.08. The summed E-state index contributed by atoms with van der Waals surface area (Å²) in [6, 6.07) is -0.0793. The molecular formula is C13H25N5O2. The Kier molecular flexibility index (Phi) is 5.50. The van der Waals surface area contributed by atoms with Crippen LogP contribution in [0.5, 0.6) is 0 Å². The molecule has 0 bridgehead atoms. The van der Waals surface area contributed by atoms with Crippen LogP contribution in [0.4, 0.5) is 6.01 Å². The number of carbonyl (C=O) groups excluding carboxylic acids is 1. The first-order valence-corrected chi connectivity index (χ1v) is 6.81. The van der Waals surface area contributed by atoms with Crippen molar-refractivity contribution in [1.82, 2.24) is 20.8 Å². The molecule has 114 valence electrons. The topological polar surface area (TPSA) is 92.1 Å². The van der Waals surface area contributed by atoms with Gasteiger partial charge in [0.2, 0.25) is 11.8 Å². The molecule has 0 aliphatic heterocycles. The Morgan fingerprint density at radius 1 is 1.25 bits per heavy atom. The predicted molar refractivity (Wildman–Crippen MR) is 77.3 cm³/mol. The lowest BCUT2D eigenvalue weighted by molar-refractivity contribution is -0.122. The van der Waals surface area contributed by atoms with Crippen molar-refractivity contribution < 1.29 is 9.21 Å². The molecule has 3 N–H and O–H groups in total. The van der Waals surface area contributed by atoms with Gasteiger partial charge in [0, 0.05) is 11.6 Å². The lowest BCUT2D eigenvalue weighted by Crippen LogP contribution is -2.41. The van der Waals surface area contributed by atoms with Gasteiger partial charge in [0.25, 0.3) is 0 Å². The molecule has 7 nitrogen and oxygen atoms in total. The van der Waals surface area contributed by atoms with E-state index in [0.717, 1.165) is 0 Å². The Morgan fingerprint density at radius 2 is 1.90 bits per heavy atom. The number of anilines is 1. The number of carbonyl (C=O) groups is 1. The highest BCUT2D eigenvalue weighted by atomic mass is 16.4. The quantitative estimate of drug-likeness (QED) is 0.728. The van der Waals surface area contributed by atoms with E-state index in [1.165, 1.54) is 0 Å². The highest BCUT2D eigenvalue weighted by Gasteiger charge is 2.17. The Bertz CT molecular complexity index is 436. The van der Waals surface area contributed by atoms with Crippen LogP contribution in [0.3, 0.4) is 0 Å². The van der Waals surface area contributed by atoms with Gasteiger partial charge in [-0.1, -0.05) is 5.10 Å². The molecule has 0 aromatic carbocycles. The van der Waals surface area contributed by atoms with E-state index in [0.29, 0.717) is 12.4 Å². The molecule has 20 heavy (non-hydrogen) atoms. The molecule has 1 atom stereocenters. The van der Waals surface area contributed by atoms with E-state index >= 15 is 0 Å². The van der Waals surface area contributed by atoms with Crippen LogP contribution >= 0.6 is 0 Å². The summed E-state index contributed by atoms with van der Waals surface area (Å²) in [5.74, 6) is 0.381. The maximum Gasteiger partial charge on any atom is 0.316 e. The van der Waals surface area contributed by atoms with Crippen molar-refractivity contribution in [3.63, 3.8) is 0 Å². The standard InChI is InChI=1S/C13H25N5O2/c1-8(2)15-11(19)9(3)16-12-18-17-10(20-12)7-14-13(4,5)6/h8-9,14H,7H2,1-6H3,(H,15,19)(H,16,18). The van der Waals surface area contributed by atoms with Gasteiger partial charge in [0.05, 0.1) is 6.54 Å². The SMILES string of the molecule is CC(C)NC(=O)C(C)Nc1nnc(CNC(C)(C)C)o1. The van der Waals surface area contributed by atoms with Crippen molar-refractivity contribution in [3.05, 3.63) is 5.89 Å². The molecule has 1 aromatic heterocycles. The number of aromatic nitrogens is 2. The molecule has 0 radical (unpaired) electrons. The monoisotopic (exact) mass is 283 g/mol. The zero-order valence-corrected chi connectivity index (χ0v) is 13.1. The lowest BCUT2D eigenvalue weighted by Gasteiger charge is -2.18. The predicted octanol–water partition coefficient (Wildman–Crippen LogP) is 1.28. The van der Waals surface area contributed by atoms with E-state index in [-0.39, 0.29) is 23.5 Å². The molecule has 0 saturated heterocycles. The molecule has 0 aliphatic rings. The molecule has 1 unspecified atom stereocenters. The molecule has 0 spiro atoms. The summed E-state index contributed by atoms with van der Waals surface area (Å²) in [4.78, 5) is 11.7. The first-order valence-electron chi connectivity index (χ1n) is 6.81. The van der Waals surface area contributed by atoms with Gasteiger partial charge in [-0.25, -0.2) is 0 Å². The van der Waals surface area contributed by atoms with Crippen molar-refractivity contribution >= 4 is 11.9 Å². The minimum Gasteiger partial charge on any atom is -0.407 e. The number of nitrogens with zero attached hydrogens (tertiary/aromatic N) is 2. The summed E-state index contributed by atoms with van der Waals surface area (Å²) < 4.78 is 5.43. The van der Waals surface area contributed by atoms with Crippen molar-refractivity contribution in [2.75, 3.05) is 5.32 Å². The molecule has 1 rings (SSSR count). The van der Waals surface area contributed by atoms with Gasteiger partial charge in [0.1, 0.15) is 6.04 Å². The van der Waals surface area contributed by atoms with Gasteiger partial charge in [0.15, 0.2) is 0 Å². The average molecular weight is 283 g/mol. The van der Waals surface area contributed by atoms with Gasteiger partial charge in [-0.05, 0) is 41.5 Å². The Morgan fingerprint density at radius 3 is 2.45 bits per heavy atom. The fourth-order valence-corrected chi connectivity index (χ4v) is 1.38. The minimum absolute atomic E-state index is 0.0213. The van der Waals surface area contributed by atoms with Crippen molar-refractivity contribution in [2.45, 2.75) is 65.7 Å². The van der Waals surface area contributed by atoms with E-state index in [4.69, 9.17) is 4.42 Å². The normalized spacial score (nSPS) is 13.3. The minimum atomic E-state index is -0.429. The van der Waals surface area contributed by atoms with Crippen LogP contribution in [0.2, 0.25) is 0 Å². The molecule has 0 saturated carbocycles. The summed E-state index contributed by atoms with van der Waals surface area (Å²) in [5.41, 5.74) is -0.0213. The van der Waals surface area contributed by atoms with Crippen LogP contribution in [0.15, 0.2) is 4.42 Å². The molecule has 1 aromatic rings. The van der Waals surface area contributed by atoms with Crippen LogP contribution in [0.1, 0.15) is 47.4 Å². The fourth-order valence-electron chi connectivity index (χ4n) is 1.38. The van der Waals surface area contributed by atoms with Crippen LogP contribution in [-0.4, -0.2) is 33.7 Å². The van der Waals surface area contributed by atoms with Gasteiger partial charge < -0.3 is 20.4 Å². The Hall–Kier alpha value is -1.63. The van der Waals surface area contributed by atoms with E-state index in [1.807, 2.05) is 13.8 Å². The molecule has 0 aliphatic carbocycles. The third kappa shape index (κ3) is 6.01. The van der Waals surface area contributed by atoms with Crippen molar-refractivity contribution in [2.24, 2.45) is 0 Å². The maximum atomic E-state index is 11.7. The molecule has 1 heterocycles. The van der Waals surface area contributed by atoms with Gasteiger partial charge in [-0.3, -0.25) is 4.79 Å². The van der Waals surface area contributed by atoms with Crippen LogP contribution in [0, 0.1) is 0 Å². The zero-order valence-electron chi connectivity index (χ0n) is 13.1. The highest BCUT2D eigenvalue weighted by molar-refractivity contribution is 5.83. The van der Waals surface area contributed by atoms with E-state index in [2.05, 4.69) is 46.9 Å². The smallest absolute Gasteiger partial charge is 0.316 e. The van der Waals surface area contributed by atoms with Gasteiger partial charge >= 0.3 is 6.01 Å². The van der Waals surface area contributed by atoms with Crippen molar-refractivity contribution in [3.8, 4) is 0 Å². The average Bonchev–Trinajstić information content (AvgIpc) is 2.72. The number of amides is 1. The van der Waals surface area contributed by atoms with Crippen LogP contribution in [0.25, 0.3) is 0 Å². The molecule has 1 amide bonds. The van der Waals surface area contributed by atoms with Gasteiger partial charge in [-0.2, -0.15) is 0 Å². The van der Waals surface area contributed by atoms with E-state index in [1.54, 1.807) is 6.92 Å². The van der Waals surface area contributed by atoms with E-state index in [9.17, 15) is 4.79 Å². The largest absolute Gasteiger partial charge is 0.407 e. The number of nitrogens with one attached hydrogen (secondary N) is 3. The molecule has 7 heteroatoms. The van der Waals surface area contributed by atoms with Crippen molar-refractivity contribution in [1.29, 1.82) is 0 Å². The van der Waals surface area contributed by atoms with Crippen LogP contribution < -0.4 is 16.0 Å². The summed E-state index contributed by atoms with van der Waals surface area (Å²) >= 11 is 0. The first kappa shape index (κ1) is 16.4. The van der Waals surface area contributed by atoms with E-state index < -0.39 is 6.04 Å². The molecular weight excluding hydrogens is 258 g/mol. The second-order valence-electron chi connectivity index (χ2n) is 6.13. The third-order valence-corrected chi connectivity index (χ3v) is 2.40. The number of hydrogen-bond acceptors (Lipinski definition) is 6. The Labute approximate surface area is 119 Å². The lowest BCUT2D eigenvalue weighted by atomic mass is 10.1. The summed E-state index contributed by atoms with van der Waals surface area (Å²) in [6.07, 6.45) is 0. The molecule has 0 fully saturated rings.